The standard InChI is InChI=1S/C23H30N6O4/c1-11-18(22-28-15-8-14(24-2)5-6-17(15)33-22)21(29-23(26-11)25-9-12-3-4-12)27-16-7-13(10-30)19(31)20(16)32/h5-6,8,12-13,16,19-20,24,30-32H,3-4,7,9-10H2,1-2H3,(H2,25,26,27,29)/t13-,16-,19-,20+/m1/s1. The molecule has 10 heteroatoms. The van der Waals surface area contributed by atoms with E-state index in [9.17, 15) is 15.3 Å². The van der Waals surface area contributed by atoms with Crippen molar-refractivity contribution in [2.45, 2.75) is 44.4 Å². The molecule has 6 N–H and O–H groups in total. The monoisotopic (exact) mass is 454 g/mol. The predicted octanol–water partition coefficient (Wildman–Crippen LogP) is 1.97. The van der Waals surface area contributed by atoms with Crippen molar-refractivity contribution in [1.82, 2.24) is 15.0 Å². The fraction of sp³-hybridized carbons (Fsp3) is 0.522. The van der Waals surface area contributed by atoms with Crippen LogP contribution in [0.5, 0.6) is 0 Å². The van der Waals surface area contributed by atoms with Crippen LogP contribution in [0, 0.1) is 18.8 Å². The third kappa shape index (κ3) is 4.33. The number of fused-ring (bicyclic) bond motifs is 1. The van der Waals surface area contributed by atoms with E-state index in [1.807, 2.05) is 32.2 Å². The first-order chi connectivity index (χ1) is 16.0. The second kappa shape index (κ2) is 8.77. The van der Waals surface area contributed by atoms with E-state index in [2.05, 4.69) is 30.9 Å². The molecule has 0 spiro atoms. The molecule has 0 radical (unpaired) electrons. The molecule has 2 aliphatic rings. The van der Waals surface area contributed by atoms with Crippen LogP contribution in [0.25, 0.3) is 22.6 Å². The molecule has 10 nitrogen and oxygen atoms in total. The highest BCUT2D eigenvalue weighted by molar-refractivity contribution is 5.82. The summed E-state index contributed by atoms with van der Waals surface area (Å²) in [5, 5.41) is 40.0. The van der Waals surface area contributed by atoms with Gasteiger partial charge in [-0.1, -0.05) is 0 Å². The average Bonchev–Trinajstić information content (AvgIpc) is 3.49. The van der Waals surface area contributed by atoms with Gasteiger partial charge in [0, 0.05) is 31.8 Å². The van der Waals surface area contributed by atoms with Crippen LogP contribution in [0.1, 0.15) is 25.0 Å². The molecule has 0 unspecified atom stereocenters. The highest BCUT2D eigenvalue weighted by atomic mass is 16.3. The molecular formula is C23H30N6O4. The van der Waals surface area contributed by atoms with Gasteiger partial charge in [0.2, 0.25) is 11.8 Å². The smallest absolute Gasteiger partial charge is 0.232 e. The predicted molar refractivity (Wildman–Crippen MR) is 125 cm³/mol. The van der Waals surface area contributed by atoms with Crippen LogP contribution >= 0.6 is 0 Å². The Balaban J connectivity index is 1.53. The molecule has 2 saturated carbocycles. The lowest BCUT2D eigenvalue weighted by molar-refractivity contribution is 0.00446. The zero-order chi connectivity index (χ0) is 23.1. The quantitative estimate of drug-likeness (QED) is 0.298. The summed E-state index contributed by atoms with van der Waals surface area (Å²) in [4.78, 5) is 14.0. The van der Waals surface area contributed by atoms with Crippen molar-refractivity contribution in [3.8, 4) is 11.5 Å². The van der Waals surface area contributed by atoms with Crippen LogP contribution < -0.4 is 16.0 Å². The van der Waals surface area contributed by atoms with Crippen LogP contribution in [0.4, 0.5) is 17.5 Å². The van der Waals surface area contributed by atoms with E-state index in [0.29, 0.717) is 52.4 Å². The lowest BCUT2D eigenvalue weighted by atomic mass is 10.1. The van der Waals surface area contributed by atoms with Crippen molar-refractivity contribution in [1.29, 1.82) is 0 Å². The molecule has 5 rings (SSSR count). The van der Waals surface area contributed by atoms with Crippen molar-refractivity contribution < 1.29 is 19.7 Å². The molecule has 3 aromatic rings. The van der Waals surface area contributed by atoms with Crippen LogP contribution in [0.3, 0.4) is 0 Å². The minimum absolute atomic E-state index is 0.195. The number of hydrogen-bond donors (Lipinski definition) is 6. The van der Waals surface area contributed by atoms with Gasteiger partial charge >= 0.3 is 0 Å². The zero-order valence-electron chi connectivity index (χ0n) is 18.7. The van der Waals surface area contributed by atoms with Gasteiger partial charge in [-0.15, -0.1) is 0 Å². The maximum Gasteiger partial charge on any atom is 0.232 e. The third-order valence-corrected chi connectivity index (χ3v) is 6.58. The van der Waals surface area contributed by atoms with E-state index in [1.54, 1.807) is 0 Å². The second-order valence-corrected chi connectivity index (χ2v) is 9.04. The van der Waals surface area contributed by atoms with Gasteiger partial charge in [-0.05, 0) is 50.3 Å². The van der Waals surface area contributed by atoms with Crippen molar-refractivity contribution in [2.75, 3.05) is 36.1 Å². The van der Waals surface area contributed by atoms with Crippen molar-refractivity contribution >= 4 is 28.6 Å². The van der Waals surface area contributed by atoms with Gasteiger partial charge in [0.15, 0.2) is 5.58 Å². The van der Waals surface area contributed by atoms with E-state index in [0.717, 1.165) is 12.2 Å². The zero-order valence-corrected chi connectivity index (χ0v) is 18.7. The molecular weight excluding hydrogens is 424 g/mol. The molecule has 2 fully saturated rings. The number of hydrogen-bond acceptors (Lipinski definition) is 10. The largest absolute Gasteiger partial charge is 0.436 e. The molecule has 33 heavy (non-hydrogen) atoms. The molecule has 2 heterocycles. The van der Waals surface area contributed by atoms with Gasteiger partial charge in [-0.2, -0.15) is 4.98 Å². The van der Waals surface area contributed by atoms with E-state index >= 15 is 0 Å². The van der Waals surface area contributed by atoms with E-state index < -0.39 is 24.2 Å². The lowest BCUT2D eigenvalue weighted by Gasteiger charge is -2.21. The van der Waals surface area contributed by atoms with Gasteiger partial charge in [-0.25, -0.2) is 9.97 Å². The molecule has 176 valence electrons. The first-order valence-electron chi connectivity index (χ1n) is 11.4. The molecule has 0 bridgehead atoms. The van der Waals surface area contributed by atoms with Crippen LogP contribution in [-0.2, 0) is 0 Å². The number of aliphatic hydroxyl groups is 3. The van der Waals surface area contributed by atoms with E-state index in [4.69, 9.17) is 4.42 Å². The highest BCUT2D eigenvalue weighted by Gasteiger charge is 2.41. The van der Waals surface area contributed by atoms with E-state index in [1.165, 1.54) is 12.8 Å². The number of anilines is 3. The number of nitrogens with zero attached hydrogens (tertiary/aromatic N) is 3. The number of aryl methyl sites for hydroxylation is 1. The summed E-state index contributed by atoms with van der Waals surface area (Å²) in [5.41, 5.74) is 3.55. The summed E-state index contributed by atoms with van der Waals surface area (Å²) in [6, 6.07) is 5.19. The minimum atomic E-state index is -1.03. The van der Waals surface area contributed by atoms with Gasteiger partial charge < -0.3 is 35.7 Å². The Bertz CT molecular complexity index is 1150. The summed E-state index contributed by atoms with van der Waals surface area (Å²) in [6.45, 7) is 2.49. The number of aliphatic hydroxyl groups excluding tert-OH is 3. The SMILES string of the molecule is CNc1ccc2oc(-c3c(C)nc(NCC4CC4)nc3N[C@@H]3C[C@H](CO)[C@@H](O)[C@H]3O)nc2c1. The van der Waals surface area contributed by atoms with Gasteiger partial charge in [-0.3, -0.25) is 0 Å². The molecule has 1 aromatic carbocycles. The first-order valence-corrected chi connectivity index (χ1v) is 11.4. The summed E-state index contributed by atoms with van der Waals surface area (Å²) in [5.74, 6) is 1.59. The van der Waals surface area contributed by atoms with Crippen LogP contribution in [0.2, 0.25) is 0 Å². The van der Waals surface area contributed by atoms with Gasteiger partial charge in [0.1, 0.15) is 23.0 Å². The Hall–Kier alpha value is -2.95. The Morgan fingerprint density at radius 2 is 1.94 bits per heavy atom. The fourth-order valence-electron chi connectivity index (χ4n) is 4.38. The van der Waals surface area contributed by atoms with E-state index in [-0.39, 0.29) is 6.61 Å². The molecule has 0 amide bonds. The Morgan fingerprint density at radius 1 is 1.12 bits per heavy atom. The summed E-state index contributed by atoms with van der Waals surface area (Å²) in [6.07, 6.45) is 0.791. The van der Waals surface area contributed by atoms with Crippen molar-refractivity contribution in [3.63, 3.8) is 0 Å². The number of benzene rings is 1. The third-order valence-electron chi connectivity index (χ3n) is 6.58. The molecule has 0 saturated heterocycles. The fourth-order valence-corrected chi connectivity index (χ4v) is 4.38. The number of oxazole rings is 1. The summed E-state index contributed by atoms with van der Waals surface area (Å²) < 4.78 is 6.05. The maximum atomic E-state index is 10.5. The first kappa shape index (κ1) is 21.9. The van der Waals surface area contributed by atoms with Gasteiger partial charge in [0.25, 0.3) is 0 Å². The van der Waals surface area contributed by atoms with Crippen LogP contribution in [-0.4, -0.2) is 68.7 Å². The molecule has 0 aliphatic heterocycles. The normalized spacial score (nSPS) is 24.9. The van der Waals surface area contributed by atoms with Crippen LogP contribution in [0.15, 0.2) is 22.6 Å². The minimum Gasteiger partial charge on any atom is -0.436 e. The van der Waals surface area contributed by atoms with Crippen molar-refractivity contribution in [3.05, 3.63) is 23.9 Å². The summed E-state index contributed by atoms with van der Waals surface area (Å²) in [7, 11) is 1.84. The average molecular weight is 455 g/mol. The molecule has 4 atom stereocenters. The Morgan fingerprint density at radius 3 is 2.64 bits per heavy atom. The van der Waals surface area contributed by atoms with Gasteiger partial charge in [0.05, 0.1) is 17.8 Å². The topological polar surface area (TPSA) is 149 Å². The molecule has 2 aliphatic carbocycles. The Kier molecular flexibility index (Phi) is 5.81. The number of nitrogens with one attached hydrogen (secondary N) is 3. The van der Waals surface area contributed by atoms with Crippen molar-refractivity contribution in [2.24, 2.45) is 11.8 Å². The number of aromatic nitrogens is 3. The second-order valence-electron chi connectivity index (χ2n) is 9.04. The highest BCUT2D eigenvalue weighted by Crippen LogP contribution is 2.36. The lowest BCUT2D eigenvalue weighted by Crippen LogP contribution is -2.35. The number of rotatable bonds is 8. The Labute approximate surface area is 191 Å². The summed E-state index contributed by atoms with van der Waals surface area (Å²) >= 11 is 0. The molecule has 2 aromatic heterocycles. The maximum absolute atomic E-state index is 10.5.